The molecule has 1 aromatic heterocycles. The van der Waals surface area contributed by atoms with Crippen LogP contribution in [0.3, 0.4) is 0 Å². The molecule has 1 fully saturated rings. The van der Waals surface area contributed by atoms with Gasteiger partial charge in [-0.1, -0.05) is 13.3 Å². The molecular weight excluding hydrogens is 244 g/mol. The van der Waals surface area contributed by atoms with Crippen molar-refractivity contribution in [1.29, 1.82) is 0 Å². The molecule has 4 N–H and O–H groups in total. The zero-order chi connectivity index (χ0) is 13.8. The first-order valence-corrected chi connectivity index (χ1v) is 6.49. The van der Waals surface area contributed by atoms with Crippen molar-refractivity contribution in [2.45, 2.75) is 32.2 Å². The van der Waals surface area contributed by atoms with E-state index < -0.39 is 0 Å². The second kappa shape index (κ2) is 5.83. The number of carbonyl (C=O) groups excluding carboxylic acids is 1. The molecule has 0 aliphatic carbocycles. The predicted octanol–water partition coefficient (Wildman–Crippen LogP) is 0.357. The summed E-state index contributed by atoms with van der Waals surface area (Å²) in [5.41, 5.74) is 3.51. The van der Waals surface area contributed by atoms with Crippen molar-refractivity contribution in [2.24, 2.45) is 5.84 Å². The number of rotatable bonds is 5. The third kappa shape index (κ3) is 2.76. The molecule has 1 saturated heterocycles. The Balaban J connectivity index is 2.22. The van der Waals surface area contributed by atoms with Gasteiger partial charge in [0.05, 0.1) is 0 Å². The highest BCUT2D eigenvalue weighted by atomic mass is 16.2. The molecule has 2 heterocycles. The number of hydrogen-bond donors (Lipinski definition) is 3. The van der Waals surface area contributed by atoms with E-state index in [-0.39, 0.29) is 11.9 Å². The summed E-state index contributed by atoms with van der Waals surface area (Å²) in [6, 6.07) is -0.207. The molecule has 1 amide bonds. The lowest BCUT2D eigenvalue weighted by Gasteiger charge is -2.17. The number of nitrogens with two attached hydrogens (primary N) is 1. The Bertz CT molecular complexity index is 464. The van der Waals surface area contributed by atoms with E-state index in [0.29, 0.717) is 11.6 Å². The number of likely N-dealkylation sites (tertiary alicyclic amines) is 1. The van der Waals surface area contributed by atoms with Gasteiger partial charge in [0.25, 0.3) is 0 Å². The SMILES string of the molecule is CCCc1c(NN)ncnc1NC1CCN(C)C1=O. The Labute approximate surface area is 112 Å². The number of aromatic nitrogens is 2. The van der Waals surface area contributed by atoms with Gasteiger partial charge in [0.2, 0.25) is 5.91 Å². The Kier molecular flexibility index (Phi) is 4.16. The van der Waals surface area contributed by atoms with Crippen LogP contribution in [-0.4, -0.2) is 40.4 Å². The lowest BCUT2D eigenvalue weighted by molar-refractivity contribution is -0.127. The summed E-state index contributed by atoms with van der Waals surface area (Å²) >= 11 is 0. The van der Waals surface area contributed by atoms with E-state index in [1.807, 2.05) is 7.05 Å². The zero-order valence-corrected chi connectivity index (χ0v) is 11.3. The molecule has 104 valence electrons. The highest BCUT2D eigenvalue weighted by molar-refractivity contribution is 5.86. The van der Waals surface area contributed by atoms with E-state index in [9.17, 15) is 4.79 Å². The lowest BCUT2D eigenvalue weighted by Crippen LogP contribution is -2.31. The van der Waals surface area contributed by atoms with Crippen LogP contribution in [0.1, 0.15) is 25.3 Å². The molecule has 0 aromatic carbocycles. The van der Waals surface area contributed by atoms with Gasteiger partial charge >= 0.3 is 0 Å². The van der Waals surface area contributed by atoms with E-state index in [1.165, 1.54) is 6.33 Å². The van der Waals surface area contributed by atoms with Crippen molar-refractivity contribution in [3.63, 3.8) is 0 Å². The molecule has 1 aliphatic rings. The Morgan fingerprint density at radius 3 is 2.79 bits per heavy atom. The number of amides is 1. The summed E-state index contributed by atoms with van der Waals surface area (Å²) in [5, 5.41) is 3.21. The van der Waals surface area contributed by atoms with E-state index in [2.05, 4.69) is 27.6 Å². The van der Waals surface area contributed by atoms with Gasteiger partial charge in [-0.15, -0.1) is 0 Å². The van der Waals surface area contributed by atoms with Gasteiger partial charge in [-0.3, -0.25) is 4.79 Å². The van der Waals surface area contributed by atoms with E-state index in [1.54, 1.807) is 4.90 Å². The van der Waals surface area contributed by atoms with E-state index in [0.717, 1.165) is 31.4 Å². The standard InChI is InChI=1S/C12H20N6O/c1-3-4-8-10(14-7-15-11(8)17-13)16-9-5-6-18(2)12(9)19/h7,9H,3-6,13H2,1-2H3,(H2,14,15,16,17). The highest BCUT2D eigenvalue weighted by Crippen LogP contribution is 2.23. The molecule has 1 atom stereocenters. The molecule has 0 saturated carbocycles. The molecule has 1 aromatic rings. The third-order valence-corrected chi connectivity index (χ3v) is 3.32. The fourth-order valence-electron chi connectivity index (χ4n) is 2.27. The quantitative estimate of drug-likeness (QED) is 0.525. The Morgan fingerprint density at radius 2 is 2.21 bits per heavy atom. The Morgan fingerprint density at radius 1 is 1.47 bits per heavy atom. The number of anilines is 2. The van der Waals surface area contributed by atoms with Crippen LogP contribution >= 0.6 is 0 Å². The van der Waals surface area contributed by atoms with Crippen molar-refractivity contribution < 1.29 is 4.79 Å². The zero-order valence-electron chi connectivity index (χ0n) is 11.3. The van der Waals surface area contributed by atoms with Crippen molar-refractivity contribution in [1.82, 2.24) is 14.9 Å². The summed E-state index contributed by atoms with van der Waals surface area (Å²) in [6.07, 6.45) is 3.99. The molecule has 1 aliphatic heterocycles. The smallest absolute Gasteiger partial charge is 0.244 e. The molecule has 0 radical (unpaired) electrons. The van der Waals surface area contributed by atoms with Gasteiger partial charge in [-0.2, -0.15) is 0 Å². The molecular formula is C12H20N6O. The molecule has 0 bridgehead atoms. The first-order valence-electron chi connectivity index (χ1n) is 6.49. The molecule has 1 unspecified atom stereocenters. The summed E-state index contributed by atoms with van der Waals surface area (Å²) in [5.74, 6) is 6.87. The molecule has 7 heteroatoms. The molecule has 2 rings (SSSR count). The van der Waals surface area contributed by atoms with E-state index in [4.69, 9.17) is 5.84 Å². The fraction of sp³-hybridized carbons (Fsp3) is 0.583. The van der Waals surface area contributed by atoms with Gasteiger partial charge in [0.1, 0.15) is 24.0 Å². The van der Waals surface area contributed by atoms with Crippen LogP contribution in [-0.2, 0) is 11.2 Å². The second-order valence-corrected chi connectivity index (χ2v) is 4.69. The lowest BCUT2D eigenvalue weighted by atomic mass is 10.1. The fourth-order valence-corrected chi connectivity index (χ4v) is 2.27. The molecule has 7 nitrogen and oxygen atoms in total. The number of hydrazine groups is 1. The maximum atomic E-state index is 11.9. The minimum absolute atomic E-state index is 0.100. The van der Waals surface area contributed by atoms with Crippen LogP contribution in [0.2, 0.25) is 0 Å². The van der Waals surface area contributed by atoms with Crippen LogP contribution in [0.4, 0.5) is 11.6 Å². The largest absolute Gasteiger partial charge is 0.358 e. The van der Waals surface area contributed by atoms with E-state index >= 15 is 0 Å². The monoisotopic (exact) mass is 264 g/mol. The number of likely N-dealkylation sites (N-methyl/N-ethyl adjacent to an activating group) is 1. The average molecular weight is 264 g/mol. The summed E-state index contributed by atoms with van der Waals surface area (Å²) in [6.45, 7) is 2.85. The topological polar surface area (TPSA) is 96.2 Å². The molecule has 19 heavy (non-hydrogen) atoms. The van der Waals surface area contributed by atoms with Crippen LogP contribution < -0.4 is 16.6 Å². The number of hydrogen-bond acceptors (Lipinski definition) is 6. The van der Waals surface area contributed by atoms with Gasteiger partial charge in [0.15, 0.2) is 0 Å². The van der Waals surface area contributed by atoms with Crippen LogP contribution in [0, 0.1) is 0 Å². The first-order chi connectivity index (χ1) is 9.17. The Hall–Kier alpha value is -1.89. The van der Waals surface area contributed by atoms with Gasteiger partial charge in [0, 0.05) is 19.2 Å². The minimum atomic E-state index is -0.207. The number of nitrogens with zero attached hydrogens (tertiary/aromatic N) is 3. The van der Waals surface area contributed by atoms with Gasteiger partial charge in [-0.05, 0) is 12.8 Å². The predicted molar refractivity (Wildman–Crippen MR) is 73.5 cm³/mol. The van der Waals surface area contributed by atoms with Crippen molar-refractivity contribution >= 4 is 17.5 Å². The maximum Gasteiger partial charge on any atom is 0.244 e. The number of nitrogen functional groups attached to an aromatic ring is 1. The highest BCUT2D eigenvalue weighted by Gasteiger charge is 2.29. The van der Waals surface area contributed by atoms with Gasteiger partial charge < -0.3 is 15.6 Å². The van der Waals surface area contributed by atoms with Crippen LogP contribution in [0.15, 0.2) is 6.33 Å². The summed E-state index contributed by atoms with van der Waals surface area (Å²) in [7, 11) is 1.81. The number of nitrogens with one attached hydrogen (secondary N) is 2. The minimum Gasteiger partial charge on any atom is -0.358 e. The van der Waals surface area contributed by atoms with Crippen LogP contribution in [0.25, 0.3) is 0 Å². The van der Waals surface area contributed by atoms with Gasteiger partial charge in [-0.25, -0.2) is 15.8 Å². The summed E-state index contributed by atoms with van der Waals surface area (Å²) < 4.78 is 0. The van der Waals surface area contributed by atoms with Crippen molar-refractivity contribution in [3.8, 4) is 0 Å². The molecule has 0 spiro atoms. The first kappa shape index (κ1) is 13.5. The van der Waals surface area contributed by atoms with Crippen molar-refractivity contribution in [2.75, 3.05) is 24.3 Å². The van der Waals surface area contributed by atoms with Crippen LogP contribution in [0.5, 0.6) is 0 Å². The normalized spacial score (nSPS) is 18.8. The van der Waals surface area contributed by atoms with Crippen molar-refractivity contribution in [3.05, 3.63) is 11.9 Å². The second-order valence-electron chi connectivity index (χ2n) is 4.69. The third-order valence-electron chi connectivity index (χ3n) is 3.32. The average Bonchev–Trinajstić information content (AvgIpc) is 2.73. The number of carbonyl (C=O) groups is 1. The maximum absolute atomic E-state index is 11.9. The summed E-state index contributed by atoms with van der Waals surface area (Å²) in [4.78, 5) is 22.0.